The lowest BCUT2D eigenvalue weighted by atomic mass is 10.1. The fraction of sp³-hybridized carbons (Fsp3) is 0.526. The van der Waals surface area contributed by atoms with Crippen LogP contribution in [-0.4, -0.2) is 40.9 Å². The Bertz CT molecular complexity index is 709. The molecular formula is C19H25Cl2N3O. The number of nitrogens with zero attached hydrogens (tertiary/aromatic N) is 3. The summed E-state index contributed by atoms with van der Waals surface area (Å²) in [5.41, 5.74) is 1.98. The molecule has 1 aromatic carbocycles. The number of rotatable bonds is 6. The first-order valence-corrected chi connectivity index (χ1v) is 9.70. The molecule has 1 aromatic heterocycles. The van der Waals surface area contributed by atoms with Crippen molar-refractivity contribution in [3.05, 3.63) is 40.0 Å². The van der Waals surface area contributed by atoms with E-state index in [4.69, 9.17) is 27.9 Å². The van der Waals surface area contributed by atoms with Crippen LogP contribution in [0, 0.1) is 0 Å². The summed E-state index contributed by atoms with van der Waals surface area (Å²) in [4.78, 5) is 2.46. The second-order valence-corrected chi connectivity index (χ2v) is 7.64. The molecule has 0 saturated carbocycles. The molecule has 0 bridgehead atoms. The topological polar surface area (TPSA) is 30.3 Å². The fourth-order valence-electron chi connectivity index (χ4n) is 3.14. The van der Waals surface area contributed by atoms with E-state index in [2.05, 4.69) is 23.8 Å². The minimum Gasteiger partial charge on any atom is -0.475 e. The second-order valence-electron chi connectivity index (χ2n) is 6.82. The van der Waals surface area contributed by atoms with Crippen molar-refractivity contribution < 1.29 is 4.74 Å². The van der Waals surface area contributed by atoms with E-state index in [-0.39, 0.29) is 0 Å². The largest absolute Gasteiger partial charge is 0.475 e. The van der Waals surface area contributed by atoms with Gasteiger partial charge in [-0.25, -0.2) is 4.68 Å². The van der Waals surface area contributed by atoms with Crippen molar-refractivity contribution in [2.45, 2.75) is 39.0 Å². The van der Waals surface area contributed by atoms with E-state index in [1.165, 1.54) is 32.4 Å². The minimum atomic E-state index is 0.321. The summed E-state index contributed by atoms with van der Waals surface area (Å²) in [6.07, 6.45) is 3.94. The molecule has 1 aliphatic heterocycles. The molecule has 0 atom stereocenters. The van der Waals surface area contributed by atoms with Crippen LogP contribution in [0.4, 0.5) is 0 Å². The predicted molar refractivity (Wildman–Crippen MR) is 103 cm³/mol. The average Bonchev–Trinajstić information content (AvgIpc) is 3.03. The lowest BCUT2D eigenvalue weighted by Gasteiger charge is -2.25. The monoisotopic (exact) mass is 381 g/mol. The first-order chi connectivity index (χ1) is 12.0. The van der Waals surface area contributed by atoms with Crippen LogP contribution in [-0.2, 0) is 0 Å². The Morgan fingerprint density at radius 1 is 1.08 bits per heavy atom. The van der Waals surface area contributed by atoms with Crippen LogP contribution in [0.15, 0.2) is 24.3 Å². The SMILES string of the molecule is CC(C)c1cc(OCCN2CCCCC2)nn1-c1ccc(Cl)c(Cl)c1. The molecule has 0 unspecified atom stereocenters. The van der Waals surface area contributed by atoms with Gasteiger partial charge in [-0.05, 0) is 50.0 Å². The van der Waals surface area contributed by atoms with E-state index >= 15 is 0 Å². The standard InChI is InChI=1S/C19H25Cl2N3O/c1-14(2)18-13-19(25-11-10-23-8-4-3-5-9-23)22-24(18)15-6-7-16(20)17(21)12-15/h6-7,12-14H,3-5,8-11H2,1-2H3. The van der Waals surface area contributed by atoms with Crippen molar-refractivity contribution in [2.75, 3.05) is 26.2 Å². The van der Waals surface area contributed by atoms with Gasteiger partial charge in [0.2, 0.25) is 5.88 Å². The van der Waals surface area contributed by atoms with Gasteiger partial charge in [-0.2, -0.15) is 0 Å². The van der Waals surface area contributed by atoms with Gasteiger partial charge in [0.1, 0.15) is 6.61 Å². The Balaban J connectivity index is 1.71. The summed E-state index contributed by atoms with van der Waals surface area (Å²) >= 11 is 12.2. The lowest BCUT2D eigenvalue weighted by Crippen LogP contribution is -2.33. The first kappa shape index (κ1) is 18.6. The molecule has 0 radical (unpaired) electrons. The smallest absolute Gasteiger partial charge is 0.233 e. The van der Waals surface area contributed by atoms with Crippen LogP contribution in [0.2, 0.25) is 10.0 Å². The van der Waals surface area contributed by atoms with Crippen molar-refractivity contribution in [2.24, 2.45) is 0 Å². The van der Waals surface area contributed by atoms with E-state index in [0.29, 0.717) is 28.5 Å². The van der Waals surface area contributed by atoms with Crippen molar-refractivity contribution in [1.29, 1.82) is 0 Å². The number of ether oxygens (including phenoxy) is 1. The zero-order valence-corrected chi connectivity index (χ0v) is 16.4. The minimum absolute atomic E-state index is 0.321. The number of aromatic nitrogens is 2. The first-order valence-electron chi connectivity index (χ1n) is 8.95. The third-order valence-corrected chi connectivity index (χ3v) is 5.30. The maximum atomic E-state index is 6.16. The Morgan fingerprint density at radius 2 is 1.84 bits per heavy atom. The summed E-state index contributed by atoms with van der Waals surface area (Å²) in [5, 5.41) is 5.70. The summed E-state index contributed by atoms with van der Waals surface area (Å²) < 4.78 is 7.82. The van der Waals surface area contributed by atoms with Crippen LogP contribution in [0.1, 0.15) is 44.7 Å². The highest BCUT2D eigenvalue weighted by Crippen LogP contribution is 2.28. The van der Waals surface area contributed by atoms with Gasteiger partial charge in [0.25, 0.3) is 0 Å². The van der Waals surface area contributed by atoms with Crippen molar-refractivity contribution in [3.63, 3.8) is 0 Å². The summed E-state index contributed by atoms with van der Waals surface area (Å²) in [5.74, 6) is 0.980. The molecule has 0 amide bonds. The van der Waals surface area contributed by atoms with Gasteiger partial charge in [-0.3, -0.25) is 4.90 Å². The van der Waals surface area contributed by atoms with Crippen LogP contribution < -0.4 is 4.74 Å². The van der Waals surface area contributed by atoms with Crippen molar-refractivity contribution in [3.8, 4) is 11.6 Å². The molecule has 0 spiro atoms. The molecule has 1 fully saturated rings. The van der Waals surface area contributed by atoms with Gasteiger partial charge >= 0.3 is 0 Å². The Kier molecular flexibility index (Phi) is 6.26. The highest BCUT2D eigenvalue weighted by atomic mass is 35.5. The molecule has 0 N–H and O–H groups in total. The Hall–Kier alpha value is -1.23. The molecule has 25 heavy (non-hydrogen) atoms. The number of halogens is 2. The number of piperidine rings is 1. The highest BCUT2D eigenvalue weighted by molar-refractivity contribution is 6.42. The van der Waals surface area contributed by atoms with Gasteiger partial charge < -0.3 is 4.74 Å². The molecule has 4 nitrogen and oxygen atoms in total. The number of hydrogen-bond donors (Lipinski definition) is 0. The molecule has 1 aliphatic rings. The van der Waals surface area contributed by atoms with E-state index in [1.807, 2.05) is 22.9 Å². The molecule has 136 valence electrons. The second kappa shape index (κ2) is 8.43. The van der Waals surface area contributed by atoms with E-state index in [0.717, 1.165) is 17.9 Å². The van der Waals surface area contributed by atoms with Crippen LogP contribution in [0.25, 0.3) is 5.69 Å². The molecule has 1 saturated heterocycles. The molecule has 2 heterocycles. The number of hydrogen-bond acceptors (Lipinski definition) is 3. The van der Waals surface area contributed by atoms with Crippen LogP contribution >= 0.6 is 23.2 Å². The zero-order valence-electron chi connectivity index (χ0n) is 14.8. The Morgan fingerprint density at radius 3 is 2.52 bits per heavy atom. The normalized spacial score (nSPS) is 15.7. The highest BCUT2D eigenvalue weighted by Gasteiger charge is 2.15. The molecular weight excluding hydrogens is 357 g/mol. The van der Waals surface area contributed by atoms with E-state index in [9.17, 15) is 0 Å². The quantitative estimate of drug-likeness (QED) is 0.691. The number of benzene rings is 1. The summed E-state index contributed by atoms with van der Waals surface area (Å²) in [6.45, 7) is 8.26. The van der Waals surface area contributed by atoms with Gasteiger partial charge in [-0.15, -0.1) is 5.10 Å². The average molecular weight is 382 g/mol. The predicted octanol–water partition coefficient (Wildman–Crippen LogP) is 5.17. The lowest BCUT2D eigenvalue weighted by molar-refractivity contribution is 0.180. The Labute approximate surface area is 159 Å². The molecule has 6 heteroatoms. The van der Waals surface area contributed by atoms with Crippen LogP contribution in [0.3, 0.4) is 0 Å². The number of likely N-dealkylation sites (tertiary alicyclic amines) is 1. The van der Waals surface area contributed by atoms with Gasteiger partial charge in [0.15, 0.2) is 0 Å². The molecule has 0 aliphatic carbocycles. The summed E-state index contributed by atoms with van der Waals surface area (Å²) in [7, 11) is 0. The van der Waals surface area contributed by atoms with Gasteiger partial charge in [-0.1, -0.05) is 43.5 Å². The maximum absolute atomic E-state index is 6.16. The van der Waals surface area contributed by atoms with Crippen molar-refractivity contribution >= 4 is 23.2 Å². The van der Waals surface area contributed by atoms with Gasteiger partial charge in [0.05, 0.1) is 21.4 Å². The van der Waals surface area contributed by atoms with E-state index < -0.39 is 0 Å². The van der Waals surface area contributed by atoms with E-state index in [1.54, 1.807) is 6.07 Å². The van der Waals surface area contributed by atoms with Crippen LogP contribution in [0.5, 0.6) is 5.88 Å². The third kappa shape index (κ3) is 4.69. The fourth-order valence-corrected chi connectivity index (χ4v) is 3.43. The zero-order chi connectivity index (χ0) is 17.8. The van der Waals surface area contributed by atoms with Crippen molar-refractivity contribution in [1.82, 2.24) is 14.7 Å². The molecule has 2 aromatic rings. The molecule has 3 rings (SSSR count). The van der Waals surface area contributed by atoms with Gasteiger partial charge in [0, 0.05) is 12.6 Å². The summed E-state index contributed by atoms with van der Waals surface area (Å²) in [6, 6.07) is 7.57. The maximum Gasteiger partial charge on any atom is 0.233 e. The third-order valence-electron chi connectivity index (χ3n) is 4.56.